The molecule has 0 aliphatic carbocycles. The number of likely N-dealkylation sites (tertiary alicyclic amines) is 1. The summed E-state index contributed by atoms with van der Waals surface area (Å²) in [4.78, 5) is 18.5. The number of aryl methyl sites for hydroxylation is 2. The van der Waals surface area contributed by atoms with E-state index < -0.39 is 0 Å². The van der Waals surface area contributed by atoms with Crippen molar-refractivity contribution < 1.29 is 18.7 Å². The number of amides is 1. The maximum Gasteiger partial charge on any atom is 0.257 e. The Hall–Kier alpha value is -2.18. The molecule has 138 valence electrons. The number of furan rings is 1. The summed E-state index contributed by atoms with van der Waals surface area (Å²) in [6.45, 7) is 6.89. The second-order valence-corrected chi connectivity index (χ2v) is 7.26. The predicted octanol–water partition coefficient (Wildman–Crippen LogP) is 2.74. The summed E-state index contributed by atoms with van der Waals surface area (Å²) in [5.74, 6) is 1.79. The van der Waals surface area contributed by atoms with Crippen molar-refractivity contribution in [3.63, 3.8) is 0 Å². The highest BCUT2D eigenvalue weighted by Crippen LogP contribution is 2.41. The van der Waals surface area contributed by atoms with Crippen LogP contribution >= 0.6 is 0 Å². The van der Waals surface area contributed by atoms with Crippen LogP contribution in [0.4, 0.5) is 0 Å². The van der Waals surface area contributed by atoms with Crippen molar-refractivity contribution in [2.24, 2.45) is 5.92 Å². The normalized spacial score (nSPS) is 21.2. The molecule has 0 unspecified atom stereocenters. The molecule has 26 heavy (non-hydrogen) atoms. The fraction of sp³-hybridized carbons (Fsp3) is 0.500. The van der Waals surface area contributed by atoms with E-state index in [0.29, 0.717) is 43.5 Å². The largest absolute Gasteiger partial charge is 0.466 e. The molecular weight excluding hydrogens is 332 g/mol. The zero-order chi connectivity index (χ0) is 18.1. The smallest absolute Gasteiger partial charge is 0.257 e. The van der Waals surface area contributed by atoms with Crippen LogP contribution < -0.4 is 0 Å². The van der Waals surface area contributed by atoms with Gasteiger partial charge in [-0.05, 0) is 44.0 Å². The van der Waals surface area contributed by atoms with Crippen LogP contribution in [0.25, 0.3) is 0 Å². The molecule has 0 N–H and O–H groups in total. The maximum atomic E-state index is 12.7. The molecule has 2 aromatic heterocycles. The van der Waals surface area contributed by atoms with Gasteiger partial charge in [-0.1, -0.05) is 0 Å². The number of carbonyl (C=O) groups is 1. The van der Waals surface area contributed by atoms with Crippen LogP contribution in [0.2, 0.25) is 0 Å². The van der Waals surface area contributed by atoms with E-state index in [1.54, 1.807) is 12.4 Å². The number of rotatable bonds is 5. The molecule has 2 aliphatic rings. The van der Waals surface area contributed by atoms with Gasteiger partial charge in [0.15, 0.2) is 0 Å². The molecule has 6 heteroatoms. The zero-order valence-corrected chi connectivity index (χ0v) is 15.2. The summed E-state index contributed by atoms with van der Waals surface area (Å²) < 4.78 is 17.4. The molecule has 0 saturated carbocycles. The standard InChI is InChI=1S/C20H24N2O4/c1-14-9-18(15(2)26-14)19(23)22-12-20(13-22)17(5-8-25-20)11-24-10-16-3-6-21-7-4-16/h3-4,6-7,9,17H,5,8,10-13H2,1-2H3/t17-/m1/s1. The number of pyridine rings is 1. The van der Waals surface area contributed by atoms with E-state index in [1.807, 2.05) is 36.9 Å². The molecule has 0 bridgehead atoms. The van der Waals surface area contributed by atoms with Gasteiger partial charge in [0.25, 0.3) is 5.91 Å². The summed E-state index contributed by atoms with van der Waals surface area (Å²) >= 11 is 0. The van der Waals surface area contributed by atoms with Crippen LogP contribution in [0.5, 0.6) is 0 Å². The topological polar surface area (TPSA) is 64.8 Å². The number of carbonyl (C=O) groups excluding carboxylic acids is 1. The number of nitrogens with zero attached hydrogens (tertiary/aromatic N) is 2. The van der Waals surface area contributed by atoms with Gasteiger partial charge in [0.05, 0.1) is 31.9 Å². The lowest BCUT2D eigenvalue weighted by Crippen LogP contribution is -2.66. The van der Waals surface area contributed by atoms with E-state index in [-0.39, 0.29) is 11.5 Å². The Labute approximate surface area is 153 Å². The van der Waals surface area contributed by atoms with Crippen molar-refractivity contribution in [2.75, 3.05) is 26.3 Å². The second kappa shape index (κ2) is 6.85. The Morgan fingerprint density at radius 2 is 2.12 bits per heavy atom. The summed E-state index contributed by atoms with van der Waals surface area (Å²) in [7, 11) is 0. The Balaban J connectivity index is 1.33. The SMILES string of the molecule is Cc1cc(C(=O)N2CC3(C2)OCC[C@@H]3COCc2ccncc2)c(C)o1. The van der Waals surface area contributed by atoms with Gasteiger partial charge in [0, 0.05) is 24.9 Å². The molecule has 6 nitrogen and oxygen atoms in total. The Morgan fingerprint density at radius 3 is 2.81 bits per heavy atom. The van der Waals surface area contributed by atoms with E-state index in [9.17, 15) is 4.79 Å². The molecule has 1 atom stereocenters. The van der Waals surface area contributed by atoms with E-state index in [1.165, 1.54) is 0 Å². The molecule has 2 aromatic rings. The van der Waals surface area contributed by atoms with E-state index in [2.05, 4.69) is 4.98 Å². The predicted molar refractivity (Wildman–Crippen MR) is 94.8 cm³/mol. The molecule has 1 spiro atoms. The minimum absolute atomic E-state index is 0.0249. The van der Waals surface area contributed by atoms with Gasteiger partial charge >= 0.3 is 0 Å². The third-order valence-electron chi connectivity index (χ3n) is 5.41. The quantitative estimate of drug-likeness (QED) is 0.824. The van der Waals surface area contributed by atoms with Crippen LogP contribution in [-0.4, -0.2) is 47.7 Å². The number of hydrogen-bond donors (Lipinski definition) is 0. The lowest BCUT2D eigenvalue weighted by molar-refractivity contribution is -0.129. The molecule has 2 fully saturated rings. The van der Waals surface area contributed by atoms with Crippen LogP contribution in [0.1, 0.15) is 33.9 Å². The second-order valence-electron chi connectivity index (χ2n) is 7.26. The minimum atomic E-state index is -0.249. The first kappa shape index (κ1) is 17.2. The monoisotopic (exact) mass is 356 g/mol. The molecule has 0 aromatic carbocycles. The van der Waals surface area contributed by atoms with Crippen molar-refractivity contribution in [1.29, 1.82) is 0 Å². The molecule has 0 radical (unpaired) electrons. The summed E-state index contributed by atoms with van der Waals surface area (Å²) in [5.41, 5.74) is 1.52. The average Bonchev–Trinajstić information content (AvgIpc) is 3.17. The van der Waals surface area contributed by atoms with Crippen molar-refractivity contribution >= 4 is 5.91 Å². The van der Waals surface area contributed by atoms with E-state index in [4.69, 9.17) is 13.9 Å². The molecule has 4 rings (SSSR count). The summed E-state index contributed by atoms with van der Waals surface area (Å²) in [5, 5.41) is 0. The number of ether oxygens (including phenoxy) is 2. The number of aromatic nitrogens is 1. The first-order valence-corrected chi connectivity index (χ1v) is 9.04. The van der Waals surface area contributed by atoms with Crippen LogP contribution in [0.15, 0.2) is 35.0 Å². The van der Waals surface area contributed by atoms with Gasteiger partial charge in [-0.15, -0.1) is 0 Å². The lowest BCUT2D eigenvalue weighted by atomic mass is 9.81. The maximum absolute atomic E-state index is 12.7. The first-order chi connectivity index (χ1) is 12.6. The fourth-order valence-corrected chi connectivity index (χ4v) is 3.93. The highest BCUT2D eigenvalue weighted by Gasteiger charge is 2.54. The molecule has 1 amide bonds. The first-order valence-electron chi connectivity index (χ1n) is 9.04. The molecule has 2 aliphatic heterocycles. The van der Waals surface area contributed by atoms with E-state index >= 15 is 0 Å². The van der Waals surface area contributed by atoms with Crippen molar-refractivity contribution in [2.45, 2.75) is 32.5 Å². The van der Waals surface area contributed by atoms with Gasteiger partial charge in [0.1, 0.15) is 17.1 Å². The number of hydrogen-bond acceptors (Lipinski definition) is 5. The highest BCUT2D eigenvalue weighted by atomic mass is 16.5. The van der Waals surface area contributed by atoms with Crippen molar-refractivity contribution in [3.8, 4) is 0 Å². The van der Waals surface area contributed by atoms with Crippen molar-refractivity contribution in [1.82, 2.24) is 9.88 Å². The van der Waals surface area contributed by atoms with E-state index in [0.717, 1.165) is 24.4 Å². The van der Waals surface area contributed by atoms with Gasteiger partial charge in [-0.25, -0.2) is 0 Å². The van der Waals surface area contributed by atoms with Crippen LogP contribution in [0, 0.1) is 19.8 Å². The van der Waals surface area contributed by atoms with Gasteiger partial charge < -0.3 is 18.8 Å². The lowest BCUT2D eigenvalue weighted by Gasteiger charge is -2.50. The van der Waals surface area contributed by atoms with Gasteiger partial charge in [-0.3, -0.25) is 9.78 Å². The van der Waals surface area contributed by atoms with Crippen LogP contribution in [-0.2, 0) is 16.1 Å². The molecule has 4 heterocycles. The minimum Gasteiger partial charge on any atom is -0.466 e. The third-order valence-corrected chi connectivity index (χ3v) is 5.41. The average molecular weight is 356 g/mol. The summed E-state index contributed by atoms with van der Waals surface area (Å²) in [6, 6.07) is 5.73. The van der Waals surface area contributed by atoms with Crippen molar-refractivity contribution in [3.05, 3.63) is 53.2 Å². The zero-order valence-electron chi connectivity index (χ0n) is 15.2. The van der Waals surface area contributed by atoms with Gasteiger partial charge in [0.2, 0.25) is 0 Å². The third kappa shape index (κ3) is 3.15. The highest BCUT2D eigenvalue weighted by molar-refractivity contribution is 5.96. The molecule has 2 saturated heterocycles. The Kier molecular flexibility index (Phi) is 4.54. The van der Waals surface area contributed by atoms with Crippen LogP contribution in [0.3, 0.4) is 0 Å². The molecular formula is C20H24N2O4. The van der Waals surface area contributed by atoms with Gasteiger partial charge in [-0.2, -0.15) is 0 Å². The fourth-order valence-electron chi connectivity index (χ4n) is 3.93. The summed E-state index contributed by atoms with van der Waals surface area (Å²) in [6.07, 6.45) is 4.52. The Bertz CT molecular complexity index is 780. The Morgan fingerprint density at radius 1 is 1.35 bits per heavy atom.